The normalized spacial score (nSPS) is 10.8. The van der Waals surface area contributed by atoms with Crippen LogP contribution < -0.4 is 0 Å². The highest BCUT2D eigenvalue weighted by Gasteiger charge is 2.10. The van der Waals surface area contributed by atoms with Crippen LogP contribution in [0.15, 0.2) is 11.6 Å². The lowest BCUT2D eigenvalue weighted by molar-refractivity contribution is -0.135. The van der Waals surface area contributed by atoms with Crippen molar-refractivity contribution in [2.45, 2.75) is 20.3 Å². The first-order chi connectivity index (χ1) is 5.61. The van der Waals surface area contributed by atoms with Crippen LogP contribution in [0, 0.1) is 0 Å². The Bertz CT molecular complexity index is 205. The van der Waals surface area contributed by atoms with E-state index in [-0.39, 0.29) is 0 Å². The Morgan fingerprint density at radius 3 is 2.42 bits per heavy atom. The van der Waals surface area contributed by atoms with Gasteiger partial charge in [0.1, 0.15) is 0 Å². The average Bonchev–Trinajstić information content (AvgIpc) is 2.04. The summed E-state index contributed by atoms with van der Waals surface area (Å²) in [4.78, 5) is 21.3. The van der Waals surface area contributed by atoms with Crippen molar-refractivity contribution in [2.24, 2.45) is 0 Å². The summed E-state index contributed by atoms with van der Waals surface area (Å²) in [5.41, 5.74) is 0.405. The van der Waals surface area contributed by atoms with E-state index in [4.69, 9.17) is 0 Å². The van der Waals surface area contributed by atoms with Crippen molar-refractivity contribution < 1.29 is 19.1 Å². The summed E-state index contributed by atoms with van der Waals surface area (Å²) in [6.07, 6.45) is 1.41. The summed E-state index contributed by atoms with van der Waals surface area (Å²) in [6.45, 7) is 3.46. The van der Waals surface area contributed by atoms with Crippen LogP contribution in [0.1, 0.15) is 20.3 Å². The minimum absolute atomic E-state index is 0.405. The topological polar surface area (TPSA) is 52.6 Å². The first-order valence-electron chi connectivity index (χ1n) is 3.58. The van der Waals surface area contributed by atoms with Gasteiger partial charge in [-0.3, -0.25) is 0 Å². The number of carbonyl (C=O) groups is 2. The second kappa shape index (κ2) is 5.35. The van der Waals surface area contributed by atoms with Crippen LogP contribution >= 0.6 is 0 Å². The lowest BCUT2D eigenvalue weighted by Gasteiger charge is -1.99. The van der Waals surface area contributed by atoms with Gasteiger partial charge in [0.15, 0.2) is 0 Å². The van der Waals surface area contributed by atoms with Gasteiger partial charge in [-0.05, 0) is 13.3 Å². The molecule has 0 aliphatic rings. The zero-order valence-electron chi connectivity index (χ0n) is 7.42. The van der Waals surface area contributed by atoms with Crippen LogP contribution in [-0.4, -0.2) is 19.2 Å². The Morgan fingerprint density at radius 1 is 1.42 bits per heavy atom. The fourth-order valence-corrected chi connectivity index (χ4v) is 0.587. The Morgan fingerprint density at radius 2 is 2.00 bits per heavy atom. The summed E-state index contributed by atoms with van der Waals surface area (Å²) < 4.78 is 8.39. The molecule has 4 heteroatoms. The molecular formula is C8H12O4. The molecule has 0 aromatic rings. The highest BCUT2D eigenvalue weighted by atomic mass is 16.7. The molecule has 4 nitrogen and oxygen atoms in total. The van der Waals surface area contributed by atoms with Gasteiger partial charge in [-0.15, -0.1) is 0 Å². The molecule has 0 N–H and O–H groups in total. The van der Waals surface area contributed by atoms with Crippen molar-refractivity contribution in [2.75, 3.05) is 7.11 Å². The molecule has 0 atom stereocenters. The van der Waals surface area contributed by atoms with Gasteiger partial charge in [0, 0.05) is 5.57 Å². The van der Waals surface area contributed by atoms with Crippen LogP contribution in [0.5, 0.6) is 0 Å². The van der Waals surface area contributed by atoms with E-state index in [1.807, 2.05) is 6.92 Å². The van der Waals surface area contributed by atoms with Crippen molar-refractivity contribution >= 4 is 12.1 Å². The maximum atomic E-state index is 10.9. The van der Waals surface area contributed by atoms with Crippen LogP contribution in [0.25, 0.3) is 0 Å². The SMILES string of the molecule is CCC=C(C)C(=O)OC(=O)OC. The second-order valence-electron chi connectivity index (χ2n) is 2.14. The van der Waals surface area contributed by atoms with Gasteiger partial charge in [0.05, 0.1) is 7.11 Å². The van der Waals surface area contributed by atoms with Crippen molar-refractivity contribution in [1.29, 1.82) is 0 Å². The van der Waals surface area contributed by atoms with E-state index in [9.17, 15) is 9.59 Å². The fourth-order valence-electron chi connectivity index (χ4n) is 0.587. The smallest absolute Gasteiger partial charge is 0.437 e. The molecule has 12 heavy (non-hydrogen) atoms. The molecule has 0 aliphatic carbocycles. The first kappa shape index (κ1) is 10.7. The van der Waals surface area contributed by atoms with Gasteiger partial charge in [-0.25, -0.2) is 9.59 Å². The highest BCUT2D eigenvalue weighted by molar-refractivity contribution is 5.93. The predicted octanol–water partition coefficient (Wildman–Crippen LogP) is 1.65. The van der Waals surface area contributed by atoms with Gasteiger partial charge in [-0.1, -0.05) is 13.0 Å². The summed E-state index contributed by atoms with van der Waals surface area (Å²) in [7, 11) is 1.15. The fraction of sp³-hybridized carbons (Fsp3) is 0.500. The van der Waals surface area contributed by atoms with Crippen molar-refractivity contribution in [3.8, 4) is 0 Å². The van der Waals surface area contributed by atoms with E-state index >= 15 is 0 Å². The largest absolute Gasteiger partial charge is 0.516 e. The number of carbonyl (C=O) groups excluding carboxylic acids is 2. The van der Waals surface area contributed by atoms with Crippen LogP contribution in [0.4, 0.5) is 4.79 Å². The van der Waals surface area contributed by atoms with Crippen molar-refractivity contribution in [3.05, 3.63) is 11.6 Å². The Balaban J connectivity index is 4.04. The number of hydrogen-bond acceptors (Lipinski definition) is 4. The third-order valence-corrected chi connectivity index (χ3v) is 1.17. The van der Waals surface area contributed by atoms with Crippen molar-refractivity contribution in [3.63, 3.8) is 0 Å². The van der Waals surface area contributed by atoms with Gasteiger partial charge in [-0.2, -0.15) is 0 Å². The summed E-state index contributed by atoms with van der Waals surface area (Å²) in [5, 5.41) is 0. The number of rotatable bonds is 2. The van der Waals surface area contributed by atoms with Gasteiger partial charge in [0.25, 0.3) is 0 Å². The molecular weight excluding hydrogens is 160 g/mol. The van der Waals surface area contributed by atoms with E-state index in [0.29, 0.717) is 5.57 Å². The zero-order valence-corrected chi connectivity index (χ0v) is 7.42. The number of esters is 1. The number of hydrogen-bond donors (Lipinski definition) is 0. The molecule has 0 amide bonds. The number of methoxy groups -OCH3 is 1. The average molecular weight is 172 g/mol. The molecule has 0 aromatic heterocycles. The molecule has 0 heterocycles. The zero-order chi connectivity index (χ0) is 9.56. The molecule has 0 unspecified atom stereocenters. The minimum atomic E-state index is -0.983. The second-order valence-corrected chi connectivity index (χ2v) is 2.14. The maximum Gasteiger partial charge on any atom is 0.516 e. The van der Waals surface area contributed by atoms with E-state index in [1.54, 1.807) is 13.0 Å². The summed E-state index contributed by atoms with van der Waals surface area (Å²) in [5.74, 6) is -0.663. The third-order valence-electron chi connectivity index (χ3n) is 1.17. The van der Waals surface area contributed by atoms with Gasteiger partial charge >= 0.3 is 12.1 Å². The third kappa shape index (κ3) is 3.75. The monoisotopic (exact) mass is 172 g/mol. The Labute approximate surface area is 71.2 Å². The molecule has 68 valence electrons. The molecule has 0 aliphatic heterocycles. The van der Waals surface area contributed by atoms with E-state index in [2.05, 4.69) is 9.47 Å². The van der Waals surface area contributed by atoms with Gasteiger partial charge < -0.3 is 9.47 Å². The van der Waals surface area contributed by atoms with Gasteiger partial charge in [0.2, 0.25) is 0 Å². The van der Waals surface area contributed by atoms with Crippen LogP contribution in [0.2, 0.25) is 0 Å². The molecule has 0 fully saturated rings. The number of ether oxygens (including phenoxy) is 2. The molecule has 0 bridgehead atoms. The minimum Gasteiger partial charge on any atom is -0.437 e. The molecule has 0 saturated carbocycles. The Hall–Kier alpha value is -1.32. The quantitative estimate of drug-likeness (QED) is 0.361. The molecule has 0 rings (SSSR count). The summed E-state index contributed by atoms with van der Waals surface area (Å²) in [6, 6.07) is 0. The van der Waals surface area contributed by atoms with Crippen molar-refractivity contribution in [1.82, 2.24) is 0 Å². The lowest BCUT2D eigenvalue weighted by atomic mass is 10.2. The Kier molecular flexibility index (Phi) is 4.76. The van der Waals surface area contributed by atoms with E-state index in [1.165, 1.54) is 0 Å². The highest BCUT2D eigenvalue weighted by Crippen LogP contribution is 1.99. The maximum absolute atomic E-state index is 10.9. The summed E-state index contributed by atoms with van der Waals surface area (Å²) >= 11 is 0. The van der Waals surface area contributed by atoms with Crippen LogP contribution in [-0.2, 0) is 14.3 Å². The predicted molar refractivity (Wildman–Crippen MR) is 42.5 cm³/mol. The lowest BCUT2D eigenvalue weighted by Crippen LogP contribution is -2.12. The molecule has 0 saturated heterocycles. The molecule has 0 spiro atoms. The number of allylic oxidation sites excluding steroid dienone is 1. The standard InChI is InChI=1S/C8H12O4/c1-4-5-6(2)7(9)12-8(10)11-3/h5H,4H2,1-3H3. The van der Waals surface area contributed by atoms with Crippen LogP contribution in [0.3, 0.4) is 0 Å². The van der Waals surface area contributed by atoms with E-state index < -0.39 is 12.1 Å². The first-order valence-corrected chi connectivity index (χ1v) is 3.58. The van der Waals surface area contributed by atoms with E-state index in [0.717, 1.165) is 13.5 Å². The molecule has 0 aromatic carbocycles. The molecule has 0 radical (unpaired) electrons.